The molecule has 1 N–H and O–H groups in total. The summed E-state index contributed by atoms with van der Waals surface area (Å²) in [6.45, 7) is 2.88. The topological polar surface area (TPSA) is 96.1 Å². The van der Waals surface area contributed by atoms with Crippen molar-refractivity contribution in [3.63, 3.8) is 0 Å². The van der Waals surface area contributed by atoms with Gasteiger partial charge in [0.1, 0.15) is 17.3 Å². The fourth-order valence-corrected chi connectivity index (χ4v) is 4.41. The van der Waals surface area contributed by atoms with Crippen LogP contribution in [-0.2, 0) is 6.54 Å². The van der Waals surface area contributed by atoms with Crippen LogP contribution in [0.15, 0.2) is 66.4 Å². The van der Waals surface area contributed by atoms with Crippen molar-refractivity contribution in [3.05, 3.63) is 99.0 Å². The number of fused-ring (bicyclic) bond motifs is 1. The summed E-state index contributed by atoms with van der Waals surface area (Å²) in [6.07, 6.45) is 1.46. The predicted molar refractivity (Wildman–Crippen MR) is 128 cm³/mol. The molecular formula is C26H22FN3O5. The normalized spacial score (nSPS) is 16.9. The van der Waals surface area contributed by atoms with Crippen molar-refractivity contribution in [2.75, 3.05) is 31.1 Å². The first kappa shape index (κ1) is 22.5. The molecule has 0 aliphatic carbocycles. The van der Waals surface area contributed by atoms with Crippen LogP contribution in [0.25, 0.3) is 6.08 Å². The number of allylic oxidation sites excluding steroid dienone is 1. The van der Waals surface area contributed by atoms with Crippen LogP contribution in [0.2, 0.25) is 0 Å². The highest BCUT2D eigenvalue weighted by Crippen LogP contribution is 2.40. The molecule has 0 spiro atoms. The zero-order valence-electron chi connectivity index (χ0n) is 18.7. The second-order valence-corrected chi connectivity index (χ2v) is 8.45. The Morgan fingerprint density at radius 1 is 1.06 bits per heavy atom. The Labute approximate surface area is 200 Å². The highest BCUT2D eigenvalue weighted by molar-refractivity contribution is 6.15. The Morgan fingerprint density at radius 2 is 1.83 bits per heavy atom. The minimum absolute atomic E-state index is 0.0182. The molecule has 8 nitrogen and oxygen atoms in total. The molecular weight excluding hydrogens is 453 g/mol. The summed E-state index contributed by atoms with van der Waals surface area (Å²) in [5, 5.41) is 21.6. The molecule has 0 aromatic heterocycles. The van der Waals surface area contributed by atoms with Crippen LogP contribution in [0.3, 0.4) is 0 Å². The predicted octanol–water partition coefficient (Wildman–Crippen LogP) is 4.38. The smallest absolute Gasteiger partial charge is 0.270 e. The zero-order valence-corrected chi connectivity index (χ0v) is 18.7. The van der Waals surface area contributed by atoms with E-state index in [0.717, 1.165) is 0 Å². The number of Topliss-reactive ketones (excluding diaryl/α,β-unsaturated/α-hetero) is 1. The quantitative estimate of drug-likeness (QED) is 0.332. The van der Waals surface area contributed by atoms with Crippen molar-refractivity contribution < 1.29 is 24.0 Å². The number of phenols is 1. The van der Waals surface area contributed by atoms with Gasteiger partial charge >= 0.3 is 0 Å². The third kappa shape index (κ3) is 4.45. The van der Waals surface area contributed by atoms with Gasteiger partial charge in [-0.15, -0.1) is 0 Å². The number of aromatic hydroxyl groups is 1. The van der Waals surface area contributed by atoms with Gasteiger partial charge in [-0.1, -0.05) is 24.3 Å². The van der Waals surface area contributed by atoms with Gasteiger partial charge in [-0.25, -0.2) is 4.39 Å². The van der Waals surface area contributed by atoms with Gasteiger partial charge in [-0.05, 0) is 35.9 Å². The van der Waals surface area contributed by atoms with Gasteiger partial charge in [0.05, 0.1) is 21.7 Å². The summed E-state index contributed by atoms with van der Waals surface area (Å²) in [5.41, 5.74) is 1.78. The molecule has 35 heavy (non-hydrogen) atoms. The molecule has 2 aliphatic heterocycles. The average Bonchev–Trinajstić information content (AvgIpc) is 3.17. The third-order valence-corrected chi connectivity index (χ3v) is 6.24. The molecule has 178 valence electrons. The van der Waals surface area contributed by atoms with Crippen LogP contribution < -0.4 is 9.64 Å². The molecule has 0 atom stereocenters. The lowest BCUT2D eigenvalue weighted by Crippen LogP contribution is -2.46. The maximum atomic E-state index is 14.1. The monoisotopic (exact) mass is 475 g/mol. The summed E-state index contributed by atoms with van der Waals surface area (Å²) in [6, 6.07) is 15.6. The van der Waals surface area contributed by atoms with Gasteiger partial charge in [0.2, 0.25) is 5.78 Å². The Balaban J connectivity index is 1.34. The molecule has 0 saturated carbocycles. The first-order valence-electron chi connectivity index (χ1n) is 11.2. The lowest BCUT2D eigenvalue weighted by Gasteiger charge is -2.36. The van der Waals surface area contributed by atoms with Gasteiger partial charge in [-0.3, -0.25) is 19.8 Å². The van der Waals surface area contributed by atoms with Crippen LogP contribution in [-0.4, -0.2) is 46.9 Å². The van der Waals surface area contributed by atoms with Crippen LogP contribution in [0.5, 0.6) is 11.5 Å². The number of halogens is 1. The number of anilines is 1. The third-order valence-electron chi connectivity index (χ3n) is 6.24. The first-order valence-corrected chi connectivity index (χ1v) is 11.2. The van der Waals surface area contributed by atoms with E-state index in [4.69, 9.17) is 4.74 Å². The van der Waals surface area contributed by atoms with Crippen LogP contribution >= 0.6 is 0 Å². The SMILES string of the molecule is O=C1/C(=C/c2cccc([N+](=O)[O-])c2)Oc2c1ccc(O)c2CN1CCN(c2ccccc2F)CC1. The number of para-hydroxylation sites is 1. The van der Waals surface area contributed by atoms with Crippen molar-refractivity contribution in [3.8, 4) is 11.5 Å². The molecule has 2 aliphatic rings. The highest BCUT2D eigenvalue weighted by Gasteiger charge is 2.32. The maximum absolute atomic E-state index is 14.1. The van der Waals surface area contributed by atoms with Crippen molar-refractivity contribution in [2.24, 2.45) is 0 Å². The van der Waals surface area contributed by atoms with Crippen LogP contribution in [0.1, 0.15) is 21.5 Å². The Hall–Kier alpha value is -4.24. The number of nitro benzene ring substituents is 1. The molecule has 3 aromatic carbocycles. The maximum Gasteiger partial charge on any atom is 0.270 e. The molecule has 5 rings (SSSR count). The number of ketones is 1. The number of nitro groups is 1. The Bertz CT molecular complexity index is 1350. The fraction of sp³-hybridized carbons (Fsp3) is 0.192. The number of hydrogen-bond donors (Lipinski definition) is 1. The fourth-order valence-electron chi connectivity index (χ4n) is 4.41. The number of hydrogen-bond acceptors (Lipinski definition) is 7. The van der Waals surface area contributed by atoms with E-state index < -0.39 is 4.92 Å². The van der Waals surface area contributed by atoms with Crippen LogP contribution in [0, 0.1) is 15.9 Å². The van der Waals surface area contributed by atoms with Crippen molar-refractivity contribution in [1.82, 2.24) is 4.90 Å². The number of ether oxygens (including phenoxy) is 1. The number of non-ortho nitro benzene ring substituents is 1. The van der Waals surface area contributed by atoms with Gasteiger partial charge in [-0.2, -0.15) is 0 Å². The first-order chi connectivity index (χ1) is 16.9. The molecule has 0 amide bonds. The van der Waals surface area contributed by atoms with E-state index in [1.807, 2.05) is 11.0 Å². The molecule has 1 saturated heterocycles. The number of rotatable bonds is 5. The summed E-state index contributed by atoms with van der Waals surface area (Å²) >= 11 is 0. The van der Waals surface area contributed by atoms with Gasteiger partial charge in [0.15, 0.2) is 5.76 Å². The molecule has 1 fully saturated rings. The molecule has 2 heterocycles. The Morgan fingerprint density at radius 3 is 2.57 bits per heavy atom. The van der Waals surface area contributed by atoms with Crippen LogP contribution in [0.4, 0.5) is 15.8 Å². The standard InChI is InChI=1S/C26H22FN3O5/c27-21-6-1-2-7-22(21)29-12-10-28(11-13-29)16-20-23(31)9-8-19-25(32)24(35-26(19)20)15-17-4-3-5-18(14-17)30(33)34/h1-9,14-15,31H,10-13,16H2/b24-15-. The van der Waals surface area contributed by atoms with E-state index in [0.29, 0.717) is 60.9 Å². The second kappa shape index (κ2) is 9.19. The van der Waals surface area contributed by atoms with E-state index in [2.05, 4.69) is 4.90 Å². The summed E-state index contributed by atoms with van der Waals surface area (Å²) in [5.74, 6) is -0.254. The van der Waals surface area contributed by atoms with E-state index in [1.165, 1.54) is 42.5 Å². The average molecular weight is 475 g/mol. The number of benzene rings is 3. The largest absolute Gasteiger partial charge is 0.507 e. The summed E-state index contributed by atoms with van der Waals surface area (Å²) < 4.78 is 20.0. The van der Waals surface area contributed by atoms with E-state index in [1.54, 1.807) is 18.2 Å². The minimum atomic E-state index is -0.504. The molecule has 3 aromatic rings. The zero-order chi connectivity index (χ0) is 24.5. The van der Waals surface area contributed by atoms with Crippen molar-refractivity contribution in [1.29, 1.82) is 0 Å². The van der Waals surface area contributed by atoms with E-state index >= 15 is 0 Å². The number of carbonyl (C=O) groups is 1. The molecule has 0 radical (unpaired) electrons. The summed E-state index contributed by atoms with van der Waals surface area (Å²) in [4.78, 5) is 27.6. The highest BCUT2D eigenvalue weighted by atomic mass is 19.1. The molecule has 0 unspecified atom stereocenters. The minimum Gasteiger partial charge on any atom is -0.507 e. The van der Waals surface area contributed by atoms with Gasteiger partial charge in [0, 0.05) is 44.9 Å². The number of carbonyl (C=O) groups excluding carboxylic acids is 1. The number of phenolic OH excluding ortho intramolecular Hbond substituents is 1. The summed E-state index contributed by atoms with van der Waals surface area (Å²) in [7, 11) is 0. The van der Waals surface area contributed by atoms with Crippen molar-refractivity contribution in [2.45, 2.75) is 6.54 Å². The Kier molecular flexibility index (Phi) is 5.92. The lowest BCUT2D eigenvalue weighted by atomic mass is 10.0. The molecule has 9 heteroatoms. The number of piperazine rings is 1. The lowest BCUT2D eigenvalue weighted by molar-refractivity contribution is -0.384. The van der Waals surface area contributed by atoms with E-state index in [9.17, 15) is 24.4 Å². The van der Waals surface area contributed by atoms with Gasteiger partial charge < -0.3 is 14.7 Å². The molecule has 0 bridgehead atoms. The second-order valence-electron chi connectivity index (χ2n) is 8.45. The van der Waals surface area contributed by atoms with Gasteiger partial charge in [0.25, 0.3) is 5.69 Å². The van der Waals surface area contributed by atoms with E-state index in [-0.39, 0.29) is 28.8 Å². The van der Waals surface area contributed by atoms with Crippen molar-refractivity contribution >= 4 is 23.2 Å². The number of nitrogens with zero attached hydrogens (tertiary/aromatic N) is 3.